The molecule has 21 heavy (non-hydrogen) atoms. The molecular formula is C14H7BrF2N2O2. The van der Waals surface area contributed by atoms with E-state index in [-0.39, 0.29) is 21.3 Å². The summed E-state index contributed by atoms with van der Waals surface area (Å²) in [4.78, 5) is 25.0. The van der Waals surface area contributed by atoms with Crippen molar-refractivity contribution in [1.29, 1.82) is 0 Å². The van der Waals surface area contributed by atoms with Gasteiger partial charge in [-0.05, 0) is 24.3 Å². The fraction of sp³-hybridized carbons (Fsp3) is 0. The van der Waals surface area contributed by atoms with Crippen molar-refractivity contribution in [2.24, 2.45) is 0 Å². The normalized spacial score (nSPS) is 13.8. The van der Waals surface area contributed by atoms with Crippen LogP contribution in [0.25, 0.3) is 0 Å². The number of amides is 2. The van der Waals surface area contributed by atoms with Gasteiger partial charge in [0.05, 0.1) is 11.1 Å². The van der Waals surface area contributed by atoms with Crippen molar-refractivity contribution >= 4 is 39.1 Å². The lowest BCUT2D eigenvalue weighted by atomic mass is 10.1. The number of nitrogen functional groups attached to an aromatic ring is 1. The highest BCUT2D eigenvalue weighted by Crippen LogP contribution is 2.35. The quantitative estimate of drug-likeness (QED) is 0.633. The van der Waals surface area contributed by atoms with Crippen LogP contribution >= 0.6 is 15.9 Å². The highest BCUT2D eigenvalue weighted by molar-refractivity contribution is 9.10. The third kappa shape index (κ3) is 1.92. The van der Waals surface area contributed by atoms with E-state index in [4.69, 9.17) is 5.73 Å². The molecule has 1 aliphatic heterocycles. The van der Waals surface area contributed by atoms with E-state index in [0.29, 0.717) is 4.90 Å². The predicted molar refractivity (Wildman–Crippen MR) is 76.1 cm³/mol. The van der Waals surface area contributed by atoms with E-state index < -0.39 is 29.1 Å². The second kappa shape index (κ2) is 4.63. The summed E-state index contributed by atoms with van der Waals surface area (Å²) in [6.45, 7) is 0. The lowest BCUT2D eigenvalue weighted by Gasteiger charge is -2.15. The first-order chi connectivity index (χ1) is 9.91. The molecule has 1 aliphatic rings. The monoisotopic (exact) mass is 352 g/mol. The molecule has 0 unspecified atom stereocenters. The highest BCUT2D eigenvalue weighted by atomic mass is 79.9. The molecule has 0 spiro atoms. The average molecular weight is 353 g/mol. The smallest absolute Gasteiger partial charge is 0.268 e. The summed E-state index contributed by atoms with van der Waals surface area (Å²) in [5, 5.41) is 0. The summed E-state index contributed by atoms with van der Waals surface area (Å²) in [5.41, 5.74) is 5.05. The Morgan fingerprint density at radius 1 is 1.05 bits per heavy atom. The molecule has 0 aromatic heterocycles. The molecule has 0 aliphatic carbocycles. The zero-order chi connectivity index (χ0) is 15.3. The minimum Gasteiger partial charge on any atom is -0.398 e. The molecule has 0 fully saturated rings. The van der Waals surface area contributed by atoms with E-state index >= 15 is 0 Å². The molecule has 2 amide bonds. The van der Waals surface area contributed by atoms with Gasteiger partial charge in [-0.25, -0.2) is 13.7 Å². The molecule has 0 bridgehead atoms. The van der Waals surface area contributed by atoms with Crippen molar-refractivity contribution in [3.8, 4) is 0 Å². The predicted octanol–water partition coefficient (Wildman–Crippen LogP) is 3.11. The number of carbonyl (C=O) groups is 2. The Morgan fingerprint density at radius 3 is 2.24 bits per heavy atom. The van der Waals surface area contributed by atoms with Crippen molar-refractivity contribution in [3.63, 3.8) is 0 Å². The van der Waals surface area contributed by atoms with E-state index in [1.807, 2.05) is 0 Å². The van der Waals surface area contributed by atoms with Gasteiger partial charge in [-0.3, -0.25) is 9.59 Å². The van der Waals surface area contributed by atoms with Crippen LogP contribution in [0.3, 0.4) is 0 Å². The molecule has 7 heteroatoms. The van der Waals surface area contributed by atoms with E-state index in [1.165, 1.54) is 18.2 Å². The van der Waals surface area contributed by atoms with E-state index in [1.54, 1.807) is 0 Å². The van der Waals surface area contributed by atoms with Gasteiger partial charge >= 0.3 is 0 Å². The number of carbonyl (C=O) groups excluding carboxylic acids is 2. The Bertz CT molecular complexity index is 785. The number of halogens is 3. The summed E-state index contributed by atoms with van der Waals surface area (Å²) in [7, 11) is 0. The summed E-state index contributed by atoms with van der Waals surface area (Å²) >= 11 is 2.94. The molecule has 0 saturated carbocycles. The van der Waals surface area contributed by atoms with Crippen molar-refractivity contribution < 1.29 is 18.4 Å². The van der Waals surface area contributed by atoms with Crippen LogP contribution in [0.4, 0.5) is 20.2 Å². The molecule has 4 nitrogen and oxygen atoms in total. The largest absolute Gasteiger partial charge is 0.398 e. The number of benzene rings is 2. The number of nitrogens with two attached hydrogens (primary N) is 1. The van der Waals surface area contributed by atoms with Gasteiger partial charge in [-0.1, -0.05) is 22.0 Å². The van der Waals surface area contributed by atoms with E-state index in [0.717, 1.165) is 12.1 Å². The number of hydrogen-bond donors (Lipinski definition) is 1. The highest BCUT2D eigenvalue weighted by Gasteiger charge is 2.40. The lowest BCUT2D eigenvalue weighted by Crippen LogP contribution is -2.31. The van der Waals surface area contributed by atoms with Crippen molar-refractivity contribution in [2.75, 3.05) is 10.6 Å². The Balaban J connectivity index is 2.22. The van der Waals surface area contributed by atoms with Crippen LogP contribution in [-0.4, -0.2) is 11.8 Å². The summed E-state index contributed by atoms with van der Waals surface area (Å²) in [6.07, 6.45) is 0. The van der Waals surface area contributed by atoms with Crippen molar-refractivity contribution in [1.82, 2.24) is 0 Å². The van der Waals surface area contributed by atoms with Crippen LogP contribution in [0.1, 0.15) is 20.7 Å². The van der Waals surface area contributed by atoms with Gasteiger partial charge in [0, 0.05) is 10.2 Å². The number of fused-ring (bicyclic) bond motifs is 1. The summed E-state index contributed by atoms with van der Waals surface area (Å²) in [5.74, 6) is -3.68. The van der Waals surface area contributed by atoms with Gasteiger partial charge in [-0.2, -0.15) is 0 Å². The first-order valence-electron chi connectivity index (χ1n) is 5.83. The molecule has 106 valence electrons. The van der Waals surface area contributed by atoms with Gasteiger partial charge in [0.1, 0.15) is 5.69 Å². The van der Waals surface area contributed by atoms with Gasteiger partial charge in [0.2, 0.25) is 0 Å². The molecule has 2 aromatic carbocycles. The fourth-order valence-corrected chi connectivity index (χ4v) is 2.66. The molecule has 0 saturated heterocycles. The van der Waals surface area contributed by atoms with Gasteiger partial charge in [0.25, 0.3) is 11.8 Å². The van der Waals surface area contributed by atoms with Crippen molar-refractivity contribution in [3.05, 3.63) is 57.6 Å². The second-order valence-electron chi connectivity index (χ2n) is 4.43. The number of hydrogen-bond acceptors (Lipinski definition) is 3. The van der Waals surface area contributed by atoms with Crippen LogP contribution in [-0.2, 0) is 0 Å². The van der Waals surface area contributed by atoms with Gasteiger partial charge in [0.15, 0.2) is 11.6 Å². The minimum absolute atomic E-state index is 0.0294. The van der Waals surface area contributed by atoms with Gasteiger partial charge in [-0.15, -0.1) is 0 Å². The molecule has 0 atom stereocenters. The van der Waals surface area contributed by atoms with E-state index in [9.17, 15) is 18.4 Å². The van der Waals surface area contributed by atoms with Gasteiger partial charge < -0.3 is 5.73 Å². The number of rotatable bonds is 1. The van der Waals surface area contributed by atoms with Crippen molar-refractivity contribution in [2.45, 2.75) is 0 Å². The van der Waals surface area contributed by atoms with Crippen LogP contribution in [0, 0.1) is 11.6 Å². The third-order valence-corrected chi connectivity index (χ3v) is 3.61. The molecule has 2 aromatic rings. The first-order valence-corrected chi connectivity index (χ1v) is 6.63. The third-order valence-electron chi connectivity index (χ3n) is 3.15. The molecule has 1 heterocycles. The molecule has 2 N–H and O–H groups in total. The second-order valence-corrected chi connectivity index (χ2v) is 5.35. The molecule has 3 rings (SSSR count). The Kier molecular flexibility index (Phi) is 3.02. The summed E-state index contributed by atoms with van der Waals surface area (Å²) < 4.78 is 28.1. The number of anilines is 2. The fourth-order valence-electron chi connectivity index (χ4n) is 2.26. The topological polar surface area (TPSA) is 63.4 Å². The van der Waals surface area contributed by atoms with Crippen LogP contribution in [0.5, 0.6) is 0 Å². The number of nitrogens with zero attached hydrogens (tertiary/aromatic N) is 1. The summed E-state index contributed by atoms with van der Waals surface area (Å²) in [6, 6.07) is 6.29. The van der Waals surface area contributed by atoms with Crippen LogP contribution in [0.2, 0.25) is 0 Å². The maximum Gasteiger partial charge on any atom is 0.268 e. The zero-order valence-corrected chi connectivity index (χ0v) is 11.9. The number of imide groups is 1. The van der Waals surface area contributed by atoms with Crippen LogP contribution < -0.4 is 10.6 Å². The first kappa shape index (κ1) is 13.7. The lowest BCUT2D eigenvalue weighted by molar-refractivity contribution is 0.0923. The van der Waals surface area contributed by atoms with Crippen LogP contribution in [0.15, 0.2) is 34.8 Å². The minimum atomic E-state index is -1.02. The standard InChI is InChI=1S/C14H7BrF2N2O2/c15-6-4-8(16)12(9(17)5-6)19-13(20)7-2-1-3-10(18)11(7)14(19)21/h1-5H,18H2. The zero-order valence-electron chi connectivity index (χ0n) is 10.4. The molecular weight excluding hydrogens is 346 g/mol. The van der Waals surface area contributed by atoms with E-state index in [2.05, 4.69) is 15.9 Å². The average Bonchev–Trinajstić information content (AvgIpc) is 2.64. The Labute approximate surface area is 126 Å². The maximum atomic E-state index is 14.0. The molecule has 0 radical (unpaired) electrons. The Morgan fingerprint density at radius 2 is 1.67 bits per heavy atom. The SMILES string of the molecule is Nc1cccc2c1C(=O)N(c1c(F)cc(Br)cc1F)C2=O. The maximum absolute atomic E-state index is 14.0. The Hall–Kier alpha value is -2.28.